The molecule has 0 aliphatic heterocycles. The van der Waals surface area contributed by atoms with Crippen LogP contribution in [0.5, 0.6) is 11.5 Å². The summed E-state index contributed by atoms with van der Waals surface area (Å²) in [5.41, 5.74) is 2.51. The van der Waals surface area contributed by atoms with E-state index in [1.54, 1.807) is 0 Å². The van der Waals surface area contributed by atoms with Crippen LogP contribution in [0.15, 0.2) is 23.3 Å². The van der Waals surface area contributed by atoms with Gasteiger partial charge in [-0.3, -0.25) is 4.79 Å². The number of carbonyl (C=O) groups excluding carboxylic acids is 1. The topological polar surface area (TPSA) is 81.9 Å². The number of nitrogens with zero attached hydrogens (tertiary/aromatic N) is 1. The first-order chi connectivity index (χ1) is 6.59. The first-order valence-corrected chi connectivity index (χ1v) is 3.91. The Morgan fingerprint density at radius 2 is 2.21 bits per heavy atom. The van der Waals surface area contributed by atoms with Crippen LogP contribution >= 0.6 is 0 Å². The molecule has 14 heavy (non-hydrogen) atoms. The Hall–Kier alpha value is -2.04. The Bertz CT molecular complexity index is 374. The van der Waals surface area contributed by atoms with Crippen molar-refractivity contribution in [3.63, 3.8) is 0 Å². The zero-order chi connectivity index (χ0) is 10.6. The van der Waals surface area contributed by atoms with E-state index in [4.69, 9.17) is 5.11 Å². The van der Waals surface area contributed by atoms with E-state index in [0.29, 0.717) is 5.56 Å². The Morgan fingerprint density at radius 3 is 2.86 bits per heavy atom. The Morgan fingerprint density at radius 1 is 1.50 bits per heavy atom. The molecule has 74 valence electrons. The summed E-state index contributed by atoms with van der Waals surface area (Å²) < 4.78 is 0. The van der Waals surface area contributed by atoms with Gasteiger partial charge in [0.05, 0.1) is 6.21 Å². The SMILES string of the molecule is CC(=O)N/N=C/c1cc(O)ccc1O. The highest BCUT2D eigenvalue weighted by atomic mass is 16.3. The van der Waals surface area contributed by atoms with Crippen molar-refractivity contribution in [1.82, 2.24) is 5.43 Å². The summed E-state index contributed by atoms with van der Waals surface area (Å²) in [7, 11) is 0. The van der Waals surface area contributed by atoms with Gasteiger partial charge in [0.15, 0.2) is 0 Å². The molecule has 1 amide bonds. The van der Waals surface area contributed by atoms with Gasteiger partial charge in [-0.05, 0) is 18.2 Å². The Kier molecular flexibility index (Phi) is 3.06. The number of aromatic hydroxyl groups is 2. The van der Waals surface area contributed by atoms with Gasteiger partial charge in [-0.1, -0.05) is 0 Å². The van der Waals surface area contributed by atoms with Crippen molar-refractivity contribution in [1.29, 1.82) is 0 Å². The average Bonchev–Trinajstić information content (AvgIpc) is 2.10. The molecule has 5 nitrogen and oxygen atoms in total. The third-order valence-corrected chi connectivity index (χ3v) is 1.44. The summed E-state index contributed by atoms with van der Waals surface area (Å²) in [6.07, 6.45) is 1.25. The van der Waals surface area contributed by atoms with Crippen molar-refractivity contribution in [2.45, 2.75) is 6.92 Å². The number of hydrazone groups is 1. The zero-order valence-corrected chi connectivity index (χ0v) is 7.56. The number of hydrogen-bond donors (Lipinski definition) is 3. The maximum absolute atomic E-state index is 10.4. The summed E-state index contributed by atoms with van der Waals surface area (Å²) >= 11 is 0. The third kappa shape index (κ3) is 2.78. The van der Waals surface area contributed by atoms with Crippen molar-refractivity contribution >= 4 is 12.1 Å². The van der Waals surface area contributed by atoms with Gasteiger partial charge < -0.3 is 10.2 Å². The van der Waals surface area contributed by atoms with Gasteiger partial charge in [-0.25, -0.2) is 5.43 Å². The molecule has 0 saturated carbocycles. The lowest BCUT2D eigenvalue weighted by atomic mass is 10.2. The van der Waals surface area contributed by atoms with Crippen molar-refractivity contribution in [2.24, 2.45) is 5.10 Å². The molecule has 0 radical (unpaired) electrons. The number of amides is 1. The predicted molar refractivity (Wildman–Crippen MR) is 51.2 cm³/mol. The molecule has 0 aliphatic rings. The number of phenols is 2. The molecule has 1 rings (SSSR count). The lowest BCUT2D eigenvalue weighted by Crippen LogP contribution is -2.12. The van der Waals surface area contributed by atoms with Crippen molar-refractivity contribution < 1.29 is 15.0 Å². The van der Waals surface area contributed by atoms with E-state index in [2.05, 4.69) is 10.5 Å². The van der Waals surface area contributed by atoms with E-state index in [-0.39, 0.29) is 17.4 Å². The minimum Gasteiger partial charge on any atom is -0.508 e. The van der Waals surface area contributed by atoms with Gasteiger partial charge in [0.2, 0.25) is 5.91 Å². The smallest absolute Gasteiger partial charge is 0.236 e. The lowest BCUT2D eigenvalue weighted by Gasteiger charge is -1.98. The van der Waals surface area contributed by atoms with Gasteiger partial charge in [0.1, 0.15) is 11.5 Å². The van der Waals surface area contributed by atoms with E-state index in [1.807, 2.05) is 0 Å². The van der Waals surface area contributed by atoms with Gasteiger partial charge in [0, 0.05) is 12.5 Å². The minimum atomic E-state index is -0.305. The van der Waals surface area contributed by atoms with Gasteiger partial charge in [-0.2, -0.15) is 5.10 Å². The fraction of sp³-hybridized carbons (Fsp3) is 0.111. The molecule has 0 bridgehead atoms. The van der Waals surface area contributed by atoms with E-state index in [1.165, 1.54) is 31.3 Å². The molecular weight excluding hydrogens is 184 g/mol. The van der Waals surface area contributed by atoms with Crippen LogP contribution in [-0.4, -0.2) is 22.3 Å². The second-order valence-corrected chi connectivity index (χ2v) is 2.67. The first-order valence-electron chi connectivity index (χ1n) is 3.91. The molecule has 0 heterocycles. The molecule has 5 heteroatoms. The molecule has 1 aromatic rings. The van der Waals surface area contributed by atoms with Crippen LogP contribution < -0.4 is 5.43 Å². The molecule has 0 aliphatic carbocycles. The second-order valence-electron chi connectivity index (χ2n) is 2.67. The monoisotopic (exact) mass is 194 g/mol. The summed E-state index contributed by atoms with van der Waals surface area (Å²) in [6.45, 7) is 1.32. The largest absolute Gasteiger partial charge is 0.508 e. The highest BCUT2D eigenvalue weighted by Crippen LogP contribution is 2.19. The van der Waals surface area contributed by atoms with Gasteiger partial charge >= 0.3 is 0 Å². The van der Waals surface area contributed by atoms with Crippen LogP contribution in [0.2, 0.25) is 0 Å². The quantitative estimate of drug-likeness (QED) is 0.365. The first kappa shape index (κ1) is 10.0. The molecular formula is C9H10N2O3. The summed E-state index contributed by atoms with van der Waals surface area (Å²) in [6, 6.07) is 4.02. The van der Waals surface area contributed by atoms with E-state index < -0.39 is 0 Å². The summed E-state index contributed by atoms with van der Waals surface area (Å²) in [4.78, 5) is 10.4. The highest BCUT2D eigenvalue weighted by Gasteiger charge is 1.98. The fourth-order valence-electron chi connectivity index (χ4n) is 0.838. The molecule has 3 N–H and O–H groups in total. The lowest BCUT2D eigenvalue weighted by molar-refractivity contribution is -0.118. The van der Waals surface area contributed by atoms with Gasteiger partial charge in [-0.15, -0.1) is 0 Å². The highest BCUT2D eigenvalue weighted by molar-refractivity contribution is 5.85. The Labute approximate surface area is 80.7 Å². The van der Waals surface area contributed by atoms with Crippen LogP contribution in [0, 0.1) is 0 Å². The van der Waals surface area contributed by atoms with Crippen LogP contribution in [0.1, 0.15) is 12.5 Å². The van der Waals surface area contributed by atoms with Gasteiger partial charge in [0.25, 0.3) is 0 Å². The molecule has 0 unspecified atom stereocenters. The van der Waals surface area contributed by atoms with Crippen LogP contribution in [0.3, 0.4) is 0 Å². The van der Waals surface area contributed by atoms with Crippen molar-refractivity contribution in [3.05, 3.63) is 23.8 Å². The van der Waals surface area contributed by atoms with Crippen LogP contribution in [0.25, 0.3) is 0 Å². The van der Waals surface area contributed by atoms with Crippen LogP contribution in [-0.2, 0) is 4.79 Å². The maximum atomic E-state index is 10.4. The molecule has 0 atom stereocenters. The predicted octanol–water partition coefficient (Wildman–Crippen LogP) is 0.568. The fourth-order valence-corrected chi connectivity index (χ4v) is 0.838. The third-order valence-electron chi connectivity index (χ3n) is 1.44. The maximum Gasteiger partial charge on any atom is 0.236 e. The summed E-state index contributed by atoms with van der Waals surface area (Å²) in [5.74, 6) is -0.301. The molecule has 0 spiro atoms. The standard InChI is InChI=1S/C9H10N2O3/c1-6(12)11-10-5-7-4-8(13)2-3-9(7)14/h2-5,13-14H,1H3,(H,11,12)/b10-5+. The van der Waals surface area contributed by atoms with E-state index in [9.17, 15) is 9.90 Å². The number of nitrogens with one attached hydrogen (secondary N) is 1. The number of rotatable bonds is 2. The molecule has 0 aromatic heterocycles. The molecule has 1 aromatic carbocycles. The zero-order valence-electron chi connectivity index (χ0n) is 7.56. The number of hydrogen-bond acceptors (Lipinski definition) is 4. The average molecular weight is 194 g/mol. The van der Waals surface area contributed by atoms with E-state index >= 15 is 0 Å². The number of phenolic OH excluding ortho intramolecular Hbond substituents is 2. The number of carbonyl (C=O) groups is 1. The minimum absolute atomic E-state index is 0.0168. The Balaban J connectivity index is 2.80. The van der Waals surface area contributed by atoms with E-state index in [0.717, 1.165) is 0 Å². The van der Waals surface area contributed by atoms with Crippen LogP contribution in [0.4, 0.5) is 0 Å². The second kappa shape index (κ2) is 4.27. The van der Waals surface area contributed by atoms with Crippen molar-refractivity contribution in [2.75, 3.05) is 0 Å². The molecule has 0 fully saturated rings. The summed E-state index contributed by atoms with van der Waals surface area (Å²) in [5, 5.41) is 21.9. The normalized spacial score (nSPS) is 10.4. The number of benzene rings is 1. The van der Waals surface area contributed by atoms with Crippen molar-refractivity contribution in [3.8, 4) is 11.5 Å². The molecule has 0 saturated heterocycles.